The third-order valence-corrected chi connectivity index (χ3v) is 4.05. The fourth-order valence-electron chi connectivity index (χ4n) is 2.00. The van der Waals surface area contributed by atoms with E-state index in [-0.39, 0.29) is 0 Å². The minimum absolute atomic E-state index is 0.433. The lowest BCUT2D eigenvalue weighted by molar-refractivity contribution is 0.284. The highest BCUT2D eigenvalue weighted by Gasteiger charge is 2.06. The smallest absolute Gasteiger partial charge is 0.187 e. The van der Waals surface area contributed by atoms with Crippen LogP contribution >= 0.6 is 28.1 Å². The molecule has 0 unspecified atom stereocenters. The van der Waals surface area contributed by atoms with Crippen molar-refractivity contribution in [2.45, 2.75) is 6.61 Å². The molecule has 26 heavy (non-hydrogen) atoms. The number of methoxy groups -OCH3 is 1. The zero-order valence-electron chi connectivity index (χ0n) is 14.4. The van der Waals surface area contributed by atoms with Crippen molar-refractivity contribution in [2.24, 2.45) is 5.10 Å². The molecule has 0 bridgehead atoms. The number of hydrogen-bond donors (Lipinski definition) is 2. The number of thiocarbonyl (C=S) groups is 1. The molecule has 0 heterocycles. The van der Waals surface area contributed by atoms with Crippen molar-refractivity contribution >= 4 is 39.5 Å². The summed E-state index contributed by atoms with van der Waals surface area (Å²) in [7, 11) is 1.61. The minimum Gasteiger partial charge on any atom is -0.493 e. The Kier molecular flexibility index (Phi) is 8.11. The first-order chi connectivity index (χ1) is 12.6. The van der Waals surface area contributed by atoms with E-state index >= 15 is 0 Å². The summed E-state index contributed by atoms with van der Waals surface area (Å²) in [6.45, 7) is 4.65. The normalized spacial score (nSPS) is 10.4. The molecule has 0 fully saturated rings. The van der Waals surface area contributed by atoms with Crippen molar-refractivity contribution in [3.8, 4) is 11.5 Å². The molecule has 0 atom stereocenters. The second-order valence-corrected chi connectivity index (χ2v) is 6.52. The highest BCUT2D eigenvalue weighted by Crippen LogP contribution is 2.28. The van der Waals surface area contributed by atoms with Gasteiger partial charge in [-0.1, -0.05) is 34.1 Å². The lowest BCUT2D eigenvalue weighted by Crippen LogP contribution is -2.31. The third-order valence-electron chi connectivity index (χ3n) is 3.28. The van der Waals surface area contributed by atoms with Crippen molar-refractivity contribution in [3.63, 3.8) is 0 Å². The Balaban J connectivity index is 1.96. The Labute approximate surface area is 167 Å². The highest BCUT2D eigenvalue weighted by atomic mass is 79.9. The average molecular weight is 434 g/mol. The van der Waals surface area contributed by atoms with E-state index in [0.29, 0.717) is 29.8 Å². The maximum atomic E-state index is 5.86. The summed E-state index contributed by atoms with van der Waals surface area (Å²) in [5.41, 5.74) is 4.67. The molecule has 2 aromatic carbocycles. The predicted molar refractivity (Wildman–Crippen MR) is 113 cm³/mol. The summed E-state index contributed by atoms with van der Waals surface area (Å²) in [5, 5.41) is 7.45. The van der Waals surface area contributed by atoms with Gasteiger partial charge in [0.05, 0.1) is 13.3 Å². The van der Waals surface area contributed by atoms with Crippen LogP contribution in [0.5, 0.6) is 11.5 Å². The van der Waals surface area contributed by atoms with Crippen LogP contribution in [0.3, 0.4) is 0 Å². The zero-order chi connectivity index (χ0) is 18.8. The number of benzene rings is 2. The van der Waals surface area contributed by atoms with Gasteiger partial charge in [0.25, 0.3) is 0 Å². The van der Waals surface area contributed by atoms with E-state index in [2.05, 4.69) is 38.4 Å². The molecule has 0 saturated heterocycles. The summed E-state index contributed by atoms with van der Waals surface area (Å²) >= 11 is 8.48. The molecule has 0 aromatic heterocycles. The molecule has 7 heteroatoms. The molecule has 0 aliphatic heterocycles. The molecule has 0 aliphatic rings. The lowest BCUT2D eigenvalue weighted by Gasteiger charge is -2.11. The SMILES string of the molecule is C=CCNC(=S)N/N=C\c1ccc(OCc2ccc(Br)cc2)c(OC)c1. The Hall–Kier alpha value is -2.38. The van der Waals surface area contributed by atoms with Crippen LogP contribution in [-0.4, -0.2) is 25.0 Å². The topological polar surface area (TPSA) is 54.9 Å². The van der Waals surface area contributed by atoms with Crippen LogP contribution in [0.1, 0.15) is 11.1 Å². The third kappa shape index (κ3) is 6.50. The van der Waals surface area contributed by atoms with Crippen molar-refractivity contribution in [3.05, 3.63) is 70.7 Å². The summed E-state index contributed by atoms with van der Waals surface area (Å²) in [5.74, 6) is 1.31. The number of nitrogens with zero attached hydrogens (tertiary/aromatic N) is 1. The maximum absolute atomic E-state index is 5.86. The predicted octanol–water partition coefficient (Wildman–Crippen LogP) is 4.02. The Bertz CT molecular complexity index is 779. The van der Waals surface area contributed by atoms with Gasteiger partial charge in [0.2, 0.25) is 0 Å². The van der Waals surface area contributed by atoms with Gasteiger partial charge in [-0.15, -0.1) is 6.58 Å². The van der Waals surface area contributed by atoms with Gasteiger partial charge in [-0.25, -0.2) is 0 Å². The fourth-order valence-corrected chi connectivity index (χ4v) is 2.40. The van der Waals surface area contributed by atoms with Crippen molar-refractivity contribution in [1.29, 1.82) is 0 Å². The molecule has 0 aliphatic carbocycles. The number of ether oxygens (including phenoxy) is 2. The molecule has 2 aromatic rings. The number of hydrazone groups is 1. The number of hydrogen-bond acceptors (Lipinski definition) is 4. The van der Waals surface area contributed by atoms with Crippen LogP contribution in [0.2, 0.25) is 0 Å². The number of rotatable bonds is 8. The summed E-state index contributed by atoms with van der Waals surface area (Å²) in [6.07, 6.45) is 3.37. The van der Waals surface area contributed by atoms with Crippen molar-refractivity contribution in [1.82, 2.24) is 10.7 Å². The average Bonchev–Trinajstić information content (AvgIpc) is 2.66. The van der Waals surface area contributed by atoms with Crippen LogP contribution in [-0.2, 0) is 6.61 Å². The van der Waals surface area contributed by atoms with Crippen LogP contribution in [0.15, 0.2) is 64.7 Å². The standard InChI is InChI=1S/C19H20BrN3O2S/c1-3-10-21-19(26)23-22-12-15-6-9-17(18(11-15)24-2)25-13-14-4-7-16(20)8-5-14/h3-9,11-12H,1,10,13H2,2H3,(H2,21,23,26)/b22-12-. The fraction of sp³-hybridized carbons (Fsp3) is 0.158. The molecule has 0 saturated carbocycles. The van der Waals surface area contributed by atoms with Gasteiger partial charge in [0, 0.05) is 11.0 Å². The monoisotopic (exact) mass is 433 g/mol. The molecular weight excluding hydrogens is 414 g/mol. The number of halogens is 1. The van der Waals surface area contributed by atoms with Crippen LogP contribution in [0, 0.1) is 0 Å². The Morgan fingerprint density at radius 3 is 2.69 bits per heavy atom. The van der Waals surface area contributed by atoms with E-state index in [4.69, 9.17) is 21.7 Å². The molecule has 136 valence electrons. The van der Waals surface area contributed by atoms with E-state index in [9.17, 15) is 0 Å². The van der Waals surface area contributed by atoms with Gasteiger partial charge in [0.1, 0.15) is 6.61 Å². The molecular formula is C19H20BrN3O2S. The van der Waals surface area contributed by atoms with Crippen LogP contribution in [0.25, 0.3) is 0 Å². The molecule has 2 N–H and O–H groups in total. The van der Waals surface area contributed by atoms with Gasteiger partial charge in [0.15, 0.2) is 16.6 Å². The van der Waals surface area contributed by atoms with Gasteiger partial charge in [-0.3, -0.25) is 5.43 Å². The first kappa shape index (κ1) is 19.9. The molecule has 5 nitrogen and oxygen atoms in total. The number of nitrogens with one attached hydrogen (secondary N) is 2. The van der Waals surface area contributed by atoms with Crippen LogP contribution < -0.4 is 20.2 Å². The second-order valence-electron chi connectivity index (χ2n) is 5.19. The van der Waals surface area contributed by atoms with E-state index in [1.54, 1.807) is 19.4 Å². The summed E-state index contributed by atoms with van der Waals surface area (Å²) < 4.78 is 12.3. The van der Waals surface area contributed by atoms with Gasteiger partial charge in [-0.05, 0) is 53.7 Å². The molecule has 0 amide bonds. The van der Waals surface area contributed by atoms with E-state index in [1.807, 2.05) is 42.5 Å². The van der Waals surface area contributed by atoms with Gasteiger partial charge < -0.3 is 14.8 Å². The van der Waals surface area contributed by atoms with E-state index < -0.39 is 0 Å². The molecule has 0 spiro atoms. The molecule has 2 rings (SSSR count). The minimum atomic E-state index is 0.433. The quantitative estimate of drug-likeness (QED) is 0.285. The van der Waals surface area contributed by atoms with Gasteiger partial charge >= 0.3 is 0 Å². The first-order valence-corrected chi connectivity index (χ1v) is 9.05. The van der Waals surface area contributed by atoms with Crippen molar-refractivity contribution < 1.29 is 9.47 Å². The Morgan fingerprint density at radius 1 is 1.23 bits per heavy atom. The summed E-state index contributed by atoms with van der Waals surface area (Å²) in [6, 6.07) is 13.6. The van der Waals surface area contributed by atoms with Crippen molar-refractivity contribution in [2.75, 3.05) is 13.7 Å². The maximum Gasteiger partial charge on any atom is 0.187 e. The lowest BCUT2D eigenvalue weighted by atomic mass is 10.2. The first-order valence-electron chi connectivity index (χ1n) is 7.85. The highest BCUT2D eigenvalue weighted by molar-refractivity contribution is 9.10. The largest absolute Gasteiger partial charge is 0.493 e. The van der Waals surface area contributed by atoms with Crippen LogP contribution in [0.4, 0.5) is 0 Å². The second kappa shape index (κ2) is 10.6. The zero-order valence-corrected chi connectivity index (χ0v) is 16.8. The summed E-state index contributed by atoms with van der Waals surface area (Å²) in [4.78, 5) is 0. The Morgan fingerprint density at radius 2 is 2.00 bits per heavy atom. The van der Waals surface area contributed by atoms with Gasteiger partial charge in [-0.2, -0.15) is 5.10 Å². The van der Waals surface area contributed by atoms with E-state index in [1.165, 1.54) is 0 Å². The molecule has 0 radical (unpaired) electrons. The van der Waals surface area contributed by atoms with E-state index in [0.717, 1.165) is 15.6 Å².